The van der Waals surface area contributed by atoms with Crippen LogP contribution in [0.2, 0.25) is 0 Å². The summed E-state index contributed by atoms with van der Waals surface area (Å²) in [5.41, 5.74) is 7.14. The van der Waals surface area contributed by atoms with Crippen LogP contribution in [-0.4, -0.2) is 27.7 Å². The summed E-state index contributed by atoms with van der Waals surface area (Å²) in [4.78, 5) is 8.27. The molecule has 2 aromatic rings. The maximum atomic E-state index is 9.20. The number of nitrogens with two attached hydrogens (primary N) is 1. The maximum Gasteiger partial charge on any atom is 0.137 e. The molecule has 0 saturated heterocycles. The fraction of sp³-hybridized carbons (Fsp3) is 0.273. The van der Waals surface area contributed by atoms with Gasteiger partial charge in [-0.05, 0) is 25.1 Å². The second kappa shape index (κ2) is 4.32. The second-order valence-corrected chi connectivity index (χ2v) is 3.73. The van der Waals surface area contributed by atoms with Crippen molar-refractivity contribution in [2.24, 2.45) is 0 Å². The number of nitrogen functional groups attached to an aromatic ring is 1. The van der Waals surface area contributed by atoms with Gasteiger partial charge in [0.1, 0.15) is 12.1 Å². The summed E-state index contributed by atoms with van der Waals surface area (Å²) >= 11 is 0. The van der Waals surface area contributed by atoms with Gasteiger partial charge in [-0.1, -0.05) is 0 Å². The van der Waals surface area contributed by atoms with Crippen molar-refractivity contribution in [3.63, 3.8) is 0 Å². The number of benzene rings is 1. The molecule has 1 aromatic carbocycles. The number of aromatic nitrogens is 2. The summed E-state index contributed by atoms with van der Waals surface area (Å²) < 4.78 is 0. The molecule has 0 aliphatic heterocycles. The predicted molar refractivity (Wildman–Crippen MR) is 64.1 cm³/mol. The Balaban J connectivity index is 2.38. The molecule has 4 N–H and O–H groups in total. The number of aliphatic hydroxyl groups excluding tert-OH is 1. The smallest absolute Gasteiger partial charge is 0.137 e. The Morgan fingerprint density at radius 3 is 3.00 bits per heavy atom. The summed E-state index contributed by atoms with van der Waals surface area (Å²) in [6, 6.07) is 5.47. The van der Waals surface area contributed by atoms with Crippen LogP contribution in [0.15, 0.2) is 24.5 Å². The van der Waals surface area contributed by atoms with Gasteiger partial charge in [0.25, 0.3) is 0 Å². The predicted octanol–water partition coefficient (Wildman–Crippen LogP) is 1.00. The maximum absolute atomic E-state index is 9.20. The van der Waals surface area contributed by atoms with Gasteiger partial charge in [-0.3, -0.25) is 0 Å². The summed E-state index contributed by atoms with van der Waals surface area (Å²) in [5.74, 6) is 0.714. The number of hydrogen-bond acceptors (Lipinski definition) is 5. The number of hydrogen-bond donors (Lipinski definition) is 3. The first-order valence-electron chi connectivity index (χ1n) is 5.09. The standard InChI is InChI=1S/C11H14N4O/c1-7(16)5-13-11-9-3-2-8(12)4-10(9)14-6-15-11/h2-4,6-7,16H,5,12H2,1H3,(H,13,14,15). The minimum atomic E-state index is -0.418. The van der Waals surface area contributed by atoms with E-state index in [-0.39, 0.29) is 0 Å². The summed E-state index contributed by atoms with van der Waals surface area (Å²) in [6.07, 6.45) is 1.06. The van der Waals surface area contributed by atoms with Gasteiger partial charge in [-0.2, -0.15) is 0 Å². The molecule has 0 aliphatic rings. The molecule has 0 saturated carbocycles. The number of aliphatic hydroxyl groups is 1. The fourth-order valence-electron chi connectivity index (χ4n) is 1.46. The van der Waals surface area contributed by atoms with Gasteiger partial charge in [0.2, 0.25) is 0 Å². The van der Waals surface area contributed by atoms with Crippen LogP contribution in [0.25, 0.3) is 10.9 Å². The van der Waals surface area contributed by atoms with E-state index in [1.807, 2.05) is 6.07 Å². The first-order chi connectivity index (χ1) is 7.66. The average Bonchev–Trinajstić information content (AvgIpc) is 2.25. The molecule has 1 aromatic heterocycles. The first kappa shape index (κ1) is 10.6. The Hall–Kier alpha value is -1.88. The van der Waals surface area contributed by atoms with Crippen LogP contribution >= 0.6 is 0 Å². The van der Waals surface area contributed by atoms with Gasteiger partial charge in [-0.15, -0.1) is 0 Å². The van der Waals surface area contributed by atoms with Crippen molar-refractivity contribution < 1.29 is 5.11 Å². The number of nitrogens with one attached hydrogen (secondary N) is 1. The topological polar surface area (TPSA) is 84.1 Å². The van der Waals surface area contributed by atoms with Crippen LogP contribution in [0, 0.1) is 0 Å². The van der Waals surface area contributed by atoms with Crippen molar-refractivity contribution in [3.05, 3.63) is 24.5 Å². The third kappa shape index (κ3) is 2.20. The van der Waals surface area contributed by atoms with Gasteiger partial charge in [0.15, 0.2) is 0 Å². The number of nitrogens with zero attached hydrogens (tertiary/aromatic N) is 2. The monoisotopic (exact) mass is 218 g/mol. The van der Waals surface area contributed by atoms with E-state index in [0.29, 0.717) is 18.1 Å². The minimum absolute atomic E-state index is 0.418. The lowest BCUT2D eigenvalue weighted by atomic mass is 10.2. The summed E-state index contributed by atoms with van der Waals surface area (Å²) in [6.45, 7) is 2.17. The highest BCUT2D eigenvalue weighted by atomic mass is 16.3. The van der Waals surface area contributed by atoms with E-state index in [1.54, 1.807) is 19.1 Å². The third-order valence-corrected chi connectivity index (χ3v) is 2.23. The van der Waals surface area contributed by atoms with Gasteiger partial charge in [-0.25, -0.2) is 9.97 Å². The zero-order chi connectivity index (χ0) is 11.5. The van der Waals surface area contributed by atoms with Crippen molar-refractivity contribution in [2.45, 2.75) is 13.0 Å². The van der Waals surface area contributed by atoms with Gasteiger partial charge < -0.3 is 16.2 Å². The molecule has 0 radical (unpaired) electrons. The number of fused-ring (bicyclic) bond motifs is 1. The molecule has 0 fully saturated rings. The second-order valence-electron chi connectivity index (χ2n) is 3.73. The largest absolute Gasteiger partial charge is 0.399 e. The Morgan fingerprint density at radius 2 is 2.25 bits per heavy atom. The van der Waals surface area contributed by atoms with Crippen LogP contribution in [0.3, 0.4) is 0 Å². The molecule has 5 nitrogen and oxygen atoms in total. The SMILES string of the molecule is CC(O)CNc1ncnc2cc(N)ccc12. The molecule has 2 rings (SSSR count). The molecular weight excluding hydrogens is 204 g/mol. The van der Waals surface area contributed by atoms with Crippen LogP contribution in [0.4, 0.5) is 11.5 Å². The highest BCUT2D eigenvalue weighted by Gasteiger charge is 2.04. The Labute approximate surface area is 93.3 Å². The van der Waals surface area contributed by atoms with E-state index in [4.69, 9.17) is 5.73 Å². The molecule has 1 heterocycles. The minimum Gasteiger partial charge on any atom is -0.399 e. The molecule has 0 bridgehead atoms. The lowest BCUT2D eigenvalue weighted by molar-refractivity contribution is 0.208. The quantitative estimate of drug-likeness (QED) is 0.669. The van der Waals surface area contributed by atoms with Crippen molar-refractivity contribution in [2.75, 3.05) is 17.6 Å². The molecule has 0 aliphatic carbocycles. The lowest BCUT2D eigenvalue weighted by Crippen LogP contribution is -2.16. The molecule has 1 unspecified atom stereocenters. The zero-order valence-corrected chi connectivity index (χ0v) is 9.01. The van der Waals surface area contributed by atoms with Crippen LogP contribution in [-0.2, 0) is 0 Å². The number of rotatable bonds is 3. The van der Waals surface area contributed by atoms with Crippen LogP contribution in [0.1, 0.15) is 6.92 Å². The number of anilines is 2. The highest BCUT2D eigenvalue weighted by Crippen LogP contribution is 2.20. The van der Waals surface area contributed by atoms with E-state index >= 15 is 0 Å². The Bertz CT molecular complexity index is 498. The van der Waals surface area contributed by atoms with Crippen molar-refractivity contribution in [1.82, 2.24) is 9.97 Å². The molecule has 16 heavy (non-hydrogen) atoms. The van der Waals surface area contributed by atoms with E-state index in [2.05, 4.69) is 15.3 Å². The van der Waals surface area contributed by atoms with Crippen molar-refractivity contribution in [1.29, 1.82) is 0 Å². The summed E-state index contributed by atoms with van der Waals surface area (Å²) in [5, 5.41) is 13.2. The van der Waals surface area contributed by atoms with E-state index in [0.717, 1.165) is 10.9 Å². The average molecular weight is 218 g/mol. The lowest BCUT2D eigenvalue weighted by Gasteiger charge is -2.09. The molecule has 1 atom stereocenters. The van der Waals surface area contributed by atoms with E-state index < -0.39 is 6.10 Å². The van der Waals surface area contributed by atoms with Gasteiger partial charge >= 0.3 is 0 Å². The molecular formula is C11H14N4O. The van der Waals surface area contributed by atoms with E-state index in [1.165, 1.54) is 6.33 Å². The van der Waals surface area contributed by atoms with Gasteiger partial charge in [0.05, 0.1) is 11.6 Å². The molecule has 5 heteroatoms. The van der Waals surface area contributed by atoms with Crippen molar-refractivity contribution >= 4 is 22.4 Å². The summed E-state index contributed by atoms with van der Waals surface area (Å²) in [7, 11) is 0. The molecule has 0 spiro atoms. The first-order valence-corrected chi connectivity index (χ1v) is 5.09. The van der Waals surface area contributed by atoms with E-state index in [9.17, 15) is 5.11 Å². The van der Waals surface area contributed by atoms with Crippen LogP contribution in [0.5, 0.6) is 0 Å². The molecule has 84 valence electrons. The Kier molecular flexibility index (Phi) is 2.87. The third-order valence-electron chi connectivity index (χ3n) is 2.23. The molecule has 0 amide bonds. The van der Waals surface area contributed by atoms with Crippen LogP contribution < -0.4 is 11.1 Å². The highest BCUT2D eigenvalue weighted by molar-refractivity contribution is 5.90. The fourth-order valence-corrected chi connectivity index (χ4v) is 1.46. The zero-order valence-electron chi connectivity index (χ0n) is 9.01. The normalized spacial score (nSPS) is 12.6. The van der Waals surface area contributed by atoms with Crippen molar-refractivity contribution in [3.8, 4) is 0 Å². The Morgan fingerprint density at radius 1 is 1.44 bits per heavy atom. The van der Waals surface area contributed by atoms with Gasteiger partial charge in [0, 0.05) is 17.6 Å².